The number of nitrogens with one attached hydrogen (secondary N) is 1. The first-order chi connectivity index (χ1) is 11.2. The number of thioether (sulfide) groups is 1. The van der Waals surface area contributed by atoms with Gasteiger partial charge < -0.3 is 5.32 Å². The average Bonchev–Trinajstić information content (AvgIpc) is 2.60. The third-order valence-electron chi connectivity index (χ3n) is 3.75. The van der Waals surface area contributed by atoms with Crippen molar-refractivity contribution in [2.45, 2.75) is 18.5 Å². The van der Waals surface area contributed by atoms with Crippen LogP contribution in [0.15, 0.2) is 53.6 Å². The first-order valence-corrected chi connectivity index (χ1v) is 8.61. The maximum absolute atomic E-state index is 9.58. The Morgan fingerprint density at radius 1 is 1.13 bits per heavy atom. The number of aromatic nitrogens is 1. The average molecular weight is 319 g/mol. The van der Waals surface area contributed by atoms with Crippen LogP contribution in [-0.2, 0) is 6.54 Å². The minimum Gasteiger partial charge on any atom is -0.379 e. The summed E-state index contributed by atoms with van der Waals surface area (Å²) in [5.41, 5.74) is 4.81. The number of nitriles is 1. The second-order valence-electron chi connectivity index (χ2n) is 5.34. The molecule has 0 fully saturated rings. The highest BCUT2D eigenvalue weighted by atomic mass is 32.2. The maximum atomic E-state index is 9.58. The first kappa shape index (κ1) is 15.4. The molecule has 0 bridgehead atoms. The van der Waals surface area contributed by atoms with Gasteiger partial charge in [0.2, 0.25) is 0 Å². The number of pyridine rings is 1. The third kappa shape index (κ3) is 3.15. The molecule has 0 unspecified atom stereocenters. The van der Waals surface area contributed by atoms with Crippen molar-refractivity contribution in [3.8, 4) is 6.07 Å². The zero-order valence-electron chi connectivity index (χ0n) is 13.1. The van der Waals surface area contributed by atoms with Crippen molar-refractivity contribution >= 4 is 28.4 Å². The lowest BCUT2D eigenvalue weighted by Crippen LogP contribution is -2.04. The zero-order chi connectivity index (χ0) is 16.2. The summed E-state index contributed by atoms with van der Waals surface area (Å²) in [6.07, 6.45) is 1.95. The van der Waals surface area contributed by atoms with Gasteiger partial charge in [-0.15, -0.1) is 11.8 Å². The van der Waals surface area contributed by atoms with Gasteiger partial charge in [0.1, 0.15) is 16.7 Å². The topological polar surface area (TPSA) is 48.7 Å². The molecular formula is C19H17N3S. The number of rotatable bonds is 4. The van der Waals surface area contributed by atoms with Crippen molar-refractivity contribution < 1.29 is 0 Å². The van der Waals surface area contributed by atoms with E-state index in [4.69, 9.17) is 0 Å². The molecule has 3 aromatic rings. The van der Waals surface area contributed by atoms with E-state index in [0.717, 1.165) is 21.6 Å². The van der Waals surface area contributed by atoms with Crippen molar-refractivity contribution in [1.29, 1.82) is 5.26 Å². The van der Waals surface area contributed by atoms with Gasteiger partial charge in [-0.3, -0.25) is 0 Å². The van der Waals surface area contributed by atoms with Gasteiger partial charge in [0.25, 0.3) is 0 Å². The van der Waals surface area contributed by atoms with Crippen LogP contribution < -0.4 is 5.32 Å². The highest BCUT2D eigenvalue weighted by Crippen LogP contribution is 2.32. The molecule has 3 rings (SSSR count). The molecule has 3 nitrogen and oxygen atoms in total. The highest BCUT2D eigenvalue weighted by Gasteiger charge is 2.14. The summed E-state index contributed by atoms with van der Waals surface area (Å²) in [4.78, 5) is 4.59. The van der Waals surface area contributed by atoms with E-state index in [2.05, 4.69) is 47.6 Å². The molecule has 0 aliphatic carbocycles. The van der Waals surface area contributed by atoms with Crippen LogP contribution in [0.3, 0.4) is 0 Å². The SMILES string of the molecule is CSc1nc2ccccc2c(NCc2ccc(C)cc2)c1C#N. The van der Waals surface area contributed by atoms with E-state index in [1.165, 1.54) is 22.9 Å². The number of hydrogen-bond acceptors (Lipinski definition) is 4. The Kier molecular flexibility index (Phi) is 4.50. The van der Waals surface area contributed by atoms with Crippen LogP contribution in [0.25, 0.3) is 10.9 Å². The molecule has 23 heavy (non-hydrogen) atoms. The Balaban J connectivity index is 2.04. The summed E-state index contributed by atoms with van der Waals surface area (Å²) in [5, 5.41) is 14.8. The van der Waals surface area contributed by atoms with Gasteiger partial charge in [-0.1, -0.05) is 48.0 Å². The number of nitrogens with zero attached hydrogens (tertiary/aromatic N) is 2. The quantitative estimate of drug-likeness (QED) is 0.705. The van der Waals surface area contributed by atoms with Crippen LogP contribution in [0.5, 0.6) is 0 Å². The van der Waals surface area contributed by atoms with Gasteiger partial charge in [0.05, 0.1) is 11.2 Å². The number of fused-ring (bicyclic) bond motifs is 1. The normalized spacial score (nSPS) is 10.5. The molecule has 0 saturated carbocycles. The largest absolute Gasteiger partial charge is 0.379 e. The zero-order valence-corrected chi connectivity index (χ0v) is 13.9. The number of para-hydroxylation sites is 1. The molecule has 1 N–H and O–H groups in total. The van der Waals surface area contributed by atoms with Crippen LogP contribution in [0.2, 0.25) is 0 Å². The van der Waals surface area contributed by atoms with E-state index < -0.39 is 0 Å². The molecule has 0 aliphatic heterocycles. The Morgan fingerprint density at radius 2 is 1.87 bits per heavy atom. The Hall–Kier alpha value is -2.51. The van der Waals surface area contributed by atoms with E-state index in [1.807, 2.05) is 30.5 Å². The number of hydrogen-bond donors (Lipinski definition) is 1. The molecule has 0 spiro atoms. The van der Waals surface area contributed by atoms with Crippen molar-refractivity contribution in [3.63, 3.8) is 0 Å². The van der Waals surface area contributed by atoms with E-state index in [0.29, 0.717) is 12.1 Å². The Labute approximate surface area is 140 Å². The van der Waals surface area contributed by atoms with Crippen LogP contribution in [0.4, 0.5) is 5.69 Å². The second-order valence-corrected chi connectivity index (χ2v) is 6.13. The van der Waals surface area contributed by atoms with Gasteiger partial charge in [0, 0.05) is 11.9 Å². The first-order valence-electron chi connectivity index (χ1n) is 7.39. The number of benzene rings is 2. The predicted molar refractivity (Wildman–Crippen MR) is 96.7 cm³/mol. The van der Waals surface area contributed by atoms with Crippen molar-refractivity contribution in [2.24, 2.45) is 0 Å². The van der Waals surface area contributed by atoms with E-state index >= 15 is 0 Å². The van der Waals surface area contributed by atoms with Gasteiger partial charge in [0.15, 0.2) is 0 Å². The van der Waals surface area contributed by atoms with Crippen molar-refractivity contribution in [1.82, 2.24) is 4.98 Å². The predicted octanol–water partition coefficient (Wildman–Crippen LogP) is 4.75. The lowest BCUT2D eigenvalue weighted by molar-refractivity contribution is 1.11. The van der Waals surface area contributed by atoms with Crippen LogP contribution in [-0.4, -0.2) is 11.2 Å². The van der Waals surface area contributed by atoms with Crippen LogP contribution in [0, 0.1) is 18.3 Å². The minimum atomic E-state index is 0.614. The van der Waals surface area contributed by atoms with Gasteiger partial charge in [-0.25, -0.2) is 4.98 Å². The van der Waals surface area contributed by atoms with E-state index in [-0.39, 0.29) is 0 Å². The lowest BCUT2D eigenvalue weighted by Gasteiger charge is -2.14. The molecule has 0 radical (unpaired) electrons. The van der Waals surface area contributed by atoms with Gasteiger partial charge in [-0.2, -0.15) is 5.26 Å². The monoisotopic (exact) mass is 319 g/mol. The van der Waals surface area contributed by atoms with Crippen molar-refractivity contribution in [2.75, 3.05) is 11.6 Å². The Bertz CT molecular complexity index is 879. The van der Waals surface area contributed by atoms with Crippen molar-refractivity contribution in [3.05, 3.63) is 65.2 Å². The fourth-order valence-corrected chi connectivity index (χ4v) is 3.06. The summed E-state index contributed by atoms with van der Waals surface area (Å²) in [7, 11) is 0. The molecule has 1 heterocycles. The lowest BCUT2D eigenvalue weighted by atomic mass is 10.1. The molecule has 1 aromatic heterocycles. The van der Waals surface area contributed by atoms with Gasteiger partial charge >= 0.3 is 0 Å². The summed E-state index contributed by atoms with van der Waals surface area (Å²) in [5.74, 6) is 0. The third-order valence-corrected chi connectivity index (χ3v) is 4.44. The van der Waals surface area contributed by atoms with Crippen LogP contribution >= 0.6 is 11.8 Å². The standard InChI is InChI=1S/C19H17N3S/c1-13-7-9-14(10-8-13)12-21-18-15-5-3-4-6-17(15)22-19(23-2)16(18)11-20/h3-10H,12H2,1-2H3,(H,21,22). The number of anilines is 1. The molecule has 0 amide bonds. The highest BCUT2D eigenvalue weighted by molar-refractivity contribution is 7.98. The van der Waals surface area contributed by atoms with Crippen LogP contribution in [0.1, 0.15) is 16.7 Å². The summed E-state index contributed by atoms with van der Waals surface area (Å²) in [6.45, 7) is 2.75. The fourth-order valence-electron chi connectivity index (χ4n) is 2.52. The Morgan fingerprint density at radius 3 is 2.57 bits per heavy atom. The minimum absolute atomic E-state index is 0.614. The molecular weight excluding hydrogens is 302 g/mol. The molecule has 4 heteroatoms. The maximum Gasteiger partial charge on any atom is 0.116 e. The molecule has 2 aromatic carbocycles. The summed E-state index contributed by atoms with van der Waals surface area (Å²) < 4.78 is 0. The van der Waals surface area contributed by atoms with E-state index in [1.54, 1.807) is 0 Å². The summed E-state index contributed by atoms with van der Waals surface area (Å²) in [6, 6.07) is 18.6. The number of aryl methyl sites for hydroxylation is 1. The van der Waals surface area contributed by atoms with Gasteiger partial charge in [-0.05, 0) is 24.8 Å². The molecule has 114 valence electrons. The molecule has 0 aliphatic rings. The van der Waals surface area contributed by atoms with E-state index in [9.17, 15) is 5.26 Å². The summed E-state index contributed by atoms with van der Waals surface area (Å²) >= 11 is 1.50. The smallest absolute Gasteiger partial charge is 0.116 e. The molecule has 0 atom stereocenters. The second kappa shape index (κ2) is 6.72. The fraction of sp³-hybridized carbons (Fsp3) is 0.158. The molecule has 0 saturated heterocycles.